The molecular formula is C14H16BrNO. The Bertz CT molecular complexity index is 519. The minimum atomic E-state index is 0.0990. The van der Waals surface area contributed by atoms with Crippen LogP contribution in [0.1, 0.15) is 28.5 Å². The van der Waals surface area contributed by atoms with Crippen molar-refractivity contribution in [3.05, 3.63) is 57.5 Å². The summed E-state index contributed by atoms with van der Waals surface area (Å²) in [7, 11) is 1.94. The molecular weight excluding hydrogens is 278 g/mol. The lowest BCUT2D eigenvalue weighted by Gasteiger charge is -2.17. The molecule has 0 bridgehead atoms. The molecule has 0 spiro atoms. The third kappa shape index (κ3) is 2.61. The standard InChI is InChI=1S/C14H16BrNO/c1-9-4-5-11(10(2)8-9)14(16-3)12-6-7-13(15)17-12/h4-8,14,16H,1-3H3. The van der Waals surface area contributed by atoms with Crippen LogP contribution >= 0.6 is 15.9 Å². The molecule has 0 saturated carbocycles. The van der Waals surface area contributed by atoms with Crippen LogP contribution in [0, 0.1) is 13.8 Å². The molecule has 1 aromatic carbocycles. The van der Waals surface area contributed by atoms with Gasteiger partial charge in [-0.3, -0.25) is 0 Å². The SMILES string of the molecule is CNC(c1ccc(Br)o1)c1ccc(C)cc1C. The largest absolute Gasteiger partial charge is 0.452 e. The molecule has 1 atom stereocenters. The summed E-state index contributed by atoms with van der Waals surface area (Å²) in [6.45, 7) is 4.24. The fraction of sp³-hybridized carbons (Fsp3) is 0.286. The number of furan rings is 1. The Hall–Kier alpha value is -1.06. The second kappa shape index (κ2) is 5.07. The van der Waals surface area contributed by atoms with Gasteiger partial charge in [0, 0.05) is 0 Å². The number of halogens is 1. The van der Waals surface area contributed by atoms with Gasteiger partial charge in [0.25, 0.3) is 0 Å². The van der Waals surface area contributed by atoms with Crippen molar-refractivity contribution in [2.75, 3.05) is 7.05 Å². The summed E-state index contributed by atoms with van der Waals surface area (Å²) in [5.74, 6) is 0.923. The molecule has 0 radical (unpaired) electrons. The quantitative estimate of drug-likeness (QED) is 0.926. The average molecular weight is 294 g/mol. The second-order valence-corrected chi connectivity index (χ2v) is 5.01. The maximum Gasteiger partial charge on any atom is 0.169 e. The maximum atomic E-state index is 5.63. The first-order chi connectivity index (χ1) is 8.11. The highest BCUT2D eigenvalue weighted by atomic mass is 79.9. The average Bonchev–Trinajstić information content (AvgIpc) is 2.69. The summed E-state index contributed by atoms with van der Waals surface area (Å²) >= 11 is 3.34. The lowest BCUT2D eigenvalue weighted by atomic mass is 9.98. The lowest BCUT2D eigenvalue weighted by Crippen LogP contribution is -2.18. The van der Waals surface area contributed by atoms with Crippen molar-refractivity contribution in [1.82, 2.24) is 5.32 Å². The molecule has 3 heteroatoms. The molecule has 1 N–H and O–H groups in total. The highest BCUT2D eigenvalue weighted by Gasteiger charge is 2.17. The Morgan fingerprint density at radius 1 is 1.18 bits per heavy atom. The van der Waals surface area contributed by atoms with Crippen LogP contribution in [-0.2, 0) is 0 Å². The smallest absolute Gasteiger partial charge is 0.169 e. The Morgan fingerprint density at radius 3 is 2.47 bits per heavy atom. The van der Waals surface area contributed by atoms with Crippen molar-refractivity contribution < 1.29 is 4.42 Å². The normalized spacial score (nSPS) is 12.7. The van der Waals surface area contributed by atoms with Gasteiger partial charge < -0.3 is 9.73 Å². The number of hydrogen-bond acceptors (Lipinski definition) is 2. The Labute approximate surface area is 110 Å². The third-order valence-electron chi connectivity index (χ3n) is 2.90. The van der Waals surface area contributed by atoms with Crippen LogP contribution in [0.4, 0.5) is 0 Å². The summed E-state index contributed by atoms with van der Waals surface area (Å²) in [4.78, 5) is 0. The van der Waals surface area contributed by atoms with Crippen molar-refractivity contribution in [1.29, 1.82) is 0 Å². The maximum absolute atomic E-state index is 5.63. The van der Waals surface area contributed by atoms with Crippen LogP contribution in [0.25, 0.3) is 0 Å². The van der Waals surface area contributed by atoms with Crippen LogP contribution in [0.3, 0.4) is 0 Å². The zero-order valence-corrected chi connectivity index (χ0v) is 11.8. The molecule has 0 aliphatic carbocycles. The van der Waals surface area contributed by atoms with Crippen molar-refractivity contribution in [2.24, 2.45) is 0 Å². The molecule has 1 unspecified atom stereocenters. The van der Waals surface area contributed by atoms with Crippen molar-refractivity contribution >= 4 is 15.9 Å². The van der Waals surface area contributed by atoms with E-state index in [1.54, 1.807) is 0 Å². The minimum absolute atomic E-state index is 0.0990. The van der Waals surface area contributed by atoms with E-state index >= 15 is 0 Å². The molecule has 2 aromatic rings. The van der Waals surface area contributed by atoms with Crippen LogP contribution in [0.15, 0.2) is 39.4 Å². The van der Waals surface area contributed by atoms with Crippen molar-refractivity contribution in [3.63, 3.8) is 0 Å². The second-order valence-electron chi connectivity index (χ2n) is 4.22. The van der Waals surface area contributed by atoms with Crippen molar-refractivity contribution in [2.45, 2.75) is 19.9 Å². The van der Waals surface area contributed by atoms with Crippen LogP contribution in [0.5, 0.6) is 0 Å². The first-order valence-corrected chi connectivity index (χ1v) is 6.40. The van der Waals surface area contributed by atoms with E-state index < -0.39 is 0 Å². The highest BCUT2D eigenvalue weighted by Crippen LogP contribution is 2.28. The van der Waals surface area contributed by atoms with Gasteiger partial charge in [0.1, 0.15) is 5.76 Å². The first kappa shape index (κ1) is 12.4. The summed E-state index contributed by atoms with van der Waals surface area (Å²) in [6, 6.07) is 10.5. The van der Waals surface area contributed by atoms with Gasteiger partial charge in [-0.25, -0.2) is 0 Å². The van der Waals surface area contributed by atoms with Gasteiger partial charge in [0.15, 0.2) is 4.67 Å². The van der Waals surface area contributed by atoms with E-state index in [2.05, 4.69) is 53.3 Å². The molecule has 0 aliphatic heterocycles. The number of aryl methyl sites for hydroxylation is 2. The predicted octanol–water partition coefficient (Wildman–Crippen LogP) is 3.97. The Kier molecular flexibility index (Phi) is 3.69. The third-order valence-corrected chi connectivity index (χ3v) is 3.33. The zero-order chi connectivity index (χ0) is 12.4. The van der Waals surface area contributed by atoms with E-state index in [4.69, 9.17) is 4.42 Å². The number of nitrogens with one attached hydrogen (secondary N) is 1. The van der Waals surface area contributed by atoms with Gasteiger partial charge in [-0.05, 0) is 60.1 Å². The first-order valence-electron chi connectivity index (χ1n) is 5.61. The van der Waals surface area contributed by atoms with Crippen LogP contribution in [0.2, 0.25) is 0 Å². The summed E-state index contributed by atoms with van der Waals surface area (Å²) in [5, 5.41) is 3.29. The molecule has 1 aromatic heterocycles. The number of hydrogen-bond donors (Lipinski definition) is 1. The van der Waals surface area contributed by atoms with Gasteiger partial charge in [0.2, 0.25) is 0 Å². The van der Waals surface area contributed by atoms with Crippen LogP contribution in [-0.4, -0.2) is 7.05 Å². The molecule has 17 heavy (non-hydrogen) atoms. The van der Waals surface area contributed by atoms with E-state index in [0.29, 0.717) is 0 Å². The minimum Gasteiger partial charge on any atom is -0.452 e. The van der Waals surface area contributed by atoms with Gasteiger partial charge >= 0.3 is 0 Å². The van der Waals surface area contributed by atoms with E-state index in [1.165, 1.54) is 16.7 Å². The Balaban J connectivity index is 2.42. The highest BCUT2D eigenvalue weighted by molar-refractivity contribution is 9.10. The van der Waals surface area contributed by atoms with Crippen molar-refractivity contribution in [3.8, 4) is 0 Å². The molecule has 0 saturated heterocycles. The monoisotopic (exact) mass is 293 g/mol. The fourth-order valence-corrected chi connectivity index (χ4v) is 2.40. The summed E-state index contributed by atoms with van der Waals surface area (Å²) in [5.41, 5.74) is 3.80. The molecule has 90 valence electrons. The predicted molar refractivity (Wildman–Crippen MR) is 73.2 cm³/mol. The molecule has 2 nitrogen and oxygen atoms in total. The van der Waals surface area contributed by atoms with Gasteiger partial charge in [0.05, 0.1) is 6.04 Å². The number of benzene rings is 1. The summed E-state index contributed by atoms with van der Waals surface area (Å²) < 4.78 is 6.39. The molecule has 2 rings (SSSR count). The molecule has 0 fully saturated rings. The number of rotatable bonds is 3. The van der Waals surface area contributed by atoms with Gasteiger partial charge in [-0.15, -0.1) is 0 Å². The lowest BCUT2D eigenvalue weighted by molar-refractivity contribution is 0.446. The van der Waals surface area contributed by atoms with Gasteiger partial charge in [-0.1, -0.05) is 23.8 Å². The molecule has 1 heterocycles. The van der Waals surface area contributed by atoms with E-state index in [1.807, 2.05) is 19.2 Å². The summed E-state index contributed by atoms with van der Waals surface area (Å²) in [6.07, 6.45) is 0. The van der Waals surface area contributed by atoms with E-state index in [-0.39, 0.29) is 6.04 Å². The van der Waals surface area contributed by atoms with Gasteiger partial charge in [-0.2, -0.15) is 0 Å². The molecule has 0 amide bonds. The molecule has 0 aliphatic rings. The van der Waals surface area contributed by atoms with E-state index in [9.17, 15) is 0 Å². The zero-order valence-electron chi connectivity index (χ0n) is 10.3. The Morgan fingerprint density at radius 2 is 1.94 bits per heavy atom. The topological polar surface area (TPSA) is 25.2 Å². The van der Waals surface area contributed by atoms with E-state index in [0.717, 1.165) is 10.4 Å². The van der Waals surface area contributed by atoms with Crippen LogP contribution < -0.4 is 5.32 Å². The fourth-order valence-electron chi connectivity index (χ4n) is 2.08.